The molecule has 25 heavy (non-hydrogen) atoms. The smallest absolute Gasteiger partial charge is 0.259 e. The van der Waals surface area contributed by atoms with E-state index in [2.05, 4.69) is 28.5 Å². The highest BCUT2D eigenvalue weighted by Crippen LogP contribution is 2.40. The Balaban J connectivity index is 1.57. The number of fused-ring (bicyclic) bond motifs is 4. The van der Waals surface area contributed by atoms with Gasteiger partial charge < -0.3 is 10.2 Å². The molecular weight excluding hydrogens is 310 g/mol. The van der Waals surface area contributed by atoms with Gasteiger partial charge in [0.05, 0.1) is 11.1 Å². The lowest BCUT2D eigenvalue weighted by Gasteiger charge is -2.36. The van der Waals surface area contributed by atoms with Crippen LogP contribution in [0, 0.1) is 5.92 Å². The van der Waals surface area contributed by atoms with Gasteiger partial charge >= 0.3 is 0 Å². The summed E-state index contributed by atoms with van der Waals surface area (Å²) in [4.78, 5) is 19.7. The van der Waals surface area contributed by atoms with Crippen LogP contribution in [-0.4, -0.2) is 30.5 Å². The first-order chi connectivity index (χ1) is 12.3. The second kappa shape index (κ2) is 5.67. The Kier molecular flexibility index (Phi) is 3.31. The number of carbonyl (C=O) groups excluding carboxylic acids is 1. The first-order valence-electron chi connectivity index (χ1n) is 8.77. The van der Waals surface area contributed by atoms with Crippen LogP contribution < -0.4 is 10.2 Å². The molecule has 1 amide bonds. The fourth-order valence-corrected chi connectivity index (χ4v) is 4.20. The zero-order chi connectivity index (χ0) is 16.8. The molecule has 0 saturated carbocycles. The summed E-state index contributed by atoms with van der Waals surface area (Å²) in [5.41, 5.74) is 3.90. The van der Waals surface area contributed by atoms with E-state index in [1.807, 2.05) is 41.3 Å². The highest BCUT2D eigenvalue weighted by molar-refractivity contribution is 6.08. The first-order valence-corrected chi connectivity index (χ1v) is 8.77. The summed E-state index contributed by atoms with van der Waals surface area (Å²) in [5, 5.41) is 4.48. The second-order valence-electron chi connectivity index (χ2n) is 6.92. The third-order valence-corrected chi connectivity index (χ3v) is 5.47. The van der Waals surface area contributed by atoms with Crippen molar-refractivity contribution in [3.8, 4) is 0 Å². The monoisotopic (exact) mass is 329 g/mol. The molecule has 2 unspecified atom stereocenters. The summed E-state index contributed by atoms with van der Waals surface area (Å²) in [6, 6.07) is 18.2. The topological polar surface area (TPSA) is 45.2 Å². The van der Waals surface area contributed by atoms with E-state index in [-0.39, 0.29) is 5.91 Å². The summed E-state index contributed by atoms with van der Waals surface area (Å²) in [6.07, 6.45) is 1.70. The molecule has 0 radical (unpaired) electrons. The Morgan fingerprint density at radius 1 is 1.08 bits per heavy atom. The van der Waals surface area contributed by atoms with E-state index in [9.17, 15) is 4.79 Å². The predicted octanol–water partition coefficient (Wildman–Crippen LogP) is 3.20. The molecule has 3 heterocycles. The van der Waals surface area contributed by atoms with E-state index >= 15 is 0 Å². The number of para-hydroxylation sites is 2. The Labute approximate surface area is 146 Å². The van der Waals surface area contributed by atoms with Crippen LogP contribution in [0.15, 0.2) is 60.8 Å². The molecule has 3 aromatic rings. The molecule has 1 fully saturated rings. The number of rotatable bonds is 1. The average molecular weight is 329 g/mol. The minimum absolute atomic E-state index is 0.0380. The summed E-state index contributed by atoms with van der Waals surface area (Å²) >= 11 is 0. The third-order valence-electron chi connectivity index (χ3n) is 5.47. The van der Waals surface area contributed by atoms with Crippen LogP contribution in [0.2, 0.25) is 0 Å². The number of nitrogens with one attached hydrogen (secondary N) is 1. The maximum Gasteiger partial charge on any atom is 0.259 e. The lowest BCUT2D eigenvalue weighted by Crippen LogP contribution is -2.41. The molecule has 1 aromatic heterocycles. The molecule has 2 aliphatic rings. The molecule has 0 aliphatic carbocycles. The number of hydrogen-bond donors (Lipinski definition) is 1. The van der Waals surface area contributed by atoms with E-state index < -0.39 is 0 Å². The fraction of sp³-hybridized carbons (Fsp3) is 0.238. The van der Waals surface area contributed by atoms with Crippen molar-refractivity contribution in [1.29, 1.82) is 0 Å². The first kappa shape index (κ1) is 14.6. The van der Waals surface area contributed by atoms with Gasteiger partial charge in [0.25, 0.3) is 5.91 Å². The highest BCUT2D eigenvalue weighted by atomic mass is 16.2. The minimum Gasteiger partial charge on any atom is -0.316 e. The Morgan fingerprint density at radius 2 is 1.92 bits per heavy atom. The lowest BCUT2D eigenvalue weighted by molar-refractivity contribution is 0.0980. The number of pyridine rings is 1. The molecule has 1 N–H and O–H groups in total. The zero-order valence-electron chi connectivity index (χ0n) is 13.9. The maximum atomic E-state index is 13.3. The Hall–Kier alpha value is -2.72. The molecule has 4 nitrogen and oxygen atoms in total. The van der Waals surface area contributed by atoms with Gasteiger partial charge in [0.15, 0.2) is 0 Å². The van der Waals surface area contributed by atoms with Gasteiger partial charge in [-0.2, -0.15) is 0 Å². The number of aromatic nitrogens is 1. The van der Waals surface area contributed by atoms with Gasteiger partial charge in [-0.1, -0.05) is 36.4 Å². The molecule has 124 valence electrons. The van der Waals surface area contributed by atoms with Gasteiger partial charge in [-0.3, -0.25) is 9.78 Å². The molecule has 2 atom stereocenters. The standard InChI is InChI=1S/C21H19N3O/c25-21(15-9-14-5-1-3-7-19(14)23-11-15)24-13-16-10-22-12-18(16)17-6-2-4-8-20(17)24/h1-9,11,16,18,22H,10,12-13H2. The van der Waals surface area contributed by atoms with Crippen LogP contribution >= 0.6 is 0 Å². The number of nitrogens with zero attached hydrogens (tertiary/aromatic N) is 2. The summed E-state index contributed by atoms with van der Waals surface area (Å²) in [6.45, 7) is 2.74. The predicted molar refractivity (Wildman–Crippen MR) is 99.0 cm³/mol. The number of benzene rings is 2. The molecule has 5 rings (SSSR count). The average Bonchev–Trinajstić information content (AvgIpc) is 3.15. The number of anilines is 1. The van der Waals surface area contributed by atoms with Crippen LogP contribution in [-0.2, 0) is 0 Å². The van der Waals surface area contributed by atoms with Crippen LogP contribution in [0.25, 0.3) is 10.9 Å². The van der Waals surface area contributed by atoms with E-state index in [0.29, 0.717) is 17.4 Å². The van der Waals surface area contributed by atoms with Crippen LogP contribution in [0.5, 0.6) is 0 Å². The molecule has 4 heteroatoms. The highest BCUT2D eigenvalue weighted by Gasteiger charge is 2.38. The zero-order valence-corrected chi connectivity index (χ0v) is 13.9. The maximum absolute atomic E-state index is 13.3. The molecule has 2 aliphatic heterocycles. The quantitative estimate of drug-likeness (QED) is 0.746. The van der Waals surface area contributed by atoms with Gasteiger partial charge in [0.2, 0.25) is 0 Å². The summed E-state index contributed by atoms with van der Waals surface area (Å²) < 4.78 is 0. The van der Waals surface area contributed by atoms with Crippen molar-refractivity contribution >= 4 is 22.5 Å². The Bertz CT molecular complexity index is 968. The van der Waals surface area contributed by atoms with E-state index in [1.54, 1.807) is 6.20 Å². The van der Waals surface area contributed by atoms with Gasteiger partial charge in [-0.25, -0.2) is 0 Å². The van der Waals surface area contributed by atoms with E-state index in [1.165, 1.54) is 5.56 Å². The van der Waals surface area contributed by atoms with Gasteiger partial charge in [0.1, 0.15) is 0 Å². The largest absolute Gasteiger partial charge is 0.316 e. The van der Waals surface area contributed by atoms with Crippen molar-refractivity contribution in [3.63, 3.8) is 0 Å². The van der Waals surface area contributed by atoms with E-state index in [0.717, 1.165) is 36.2 Å². The van der Waals surface area contributed by atoms with Crippen molar-refractivity contribution in [1.82, 2.24) is 10.3 Å². The van der Waals surface area contributed by atoms with Gasteiger partial charge in [-0.05, 0) is 29.7 Å². The molecular formula is C21H19N3O. The van der Waals surface area contributed by atoms with Crippen molar-refractivity contribution in [2.75, 3.05) is 24.5 Å². The Morgan fingerprint density at radius 3 is 2.88 bits per heavy atom. The van der Waals surface area contributed by atoms with Crippen molar-refractivity contribution in [3.05, 3.63) is 71.9 Å². The molecule has 0 bridgehead atoms. The fourth-order valence-electron chi connectivity index (χ4n) is 4.20. The normalized spacial score (nSPS) is 21.8. The SMILES string of the molecule is O=C(c1cnc2ccccc2c1)N1CC2CNCC2c2ccccc21. The summed E-state index contributed by atoms with van der Waals surface area (Å²) in [5.74, 6) is 1.03. The van der Waals surface area contributed by atoms with Crippen molar-refractivity contribution < 1.29 is 4.79 Å². The van der Waals surface area contributed by atoms with Crippen LogP contribution in [0.4, 0.5) is 5.69 Å². The van der Waals surface area contributed by atoms with E-state index in [4.69, 9.17) is 0 Å². The molecule has 0 spiro atoms. The molecule has 1 saturated heterocycles. The number of carbonyl (C=O) groups is 1. The van der Waals surface area contributed by atoms with Gasteiger partial charge in [-0.15, -0.1) is 0 Å². The minimum atomic E-state index is 0.0380. The van der Waals surface area contributed by atoms with Gasteiger partial charge in [0, 0.05) is 42.8 Å². The van der Waals surface area contributed by atoms with Crippen LogP contribution in [0.1, 0.15) is 21.8 Å². The van der Waals surface area contributed by atoms with Crippen molar-refractivity contribution in [2.45, 2.75) is 5.92 Å². The second-order valence-corrected chi connectivity index (χ2v) is 6.92. The van der Waals surface area contributed by atoms with Crippen molar-refractivity contribution in [2.24, 2.45) is 5.92 Å². The molecule has 2 aromatic carbocycles. The lowest BCUT2D eigenvalue weighted by atomic mass is 9.83. The van der Waals surface area contributed by atoms with Crippen LogP contribution in [0.3, 0.4) is 0 Å². The number of amides is 1. The third kappa shape index (κ3) is 2.33. The number of hydrogen-bond acceptors (Lipinski definition) is 3. The summed E-state index contributed by atoms with van der Waals surface area (Å²) in [7, 11) is 0.